The van der Waals surface area contributed by atoms with Crippen molar-refractivity contribution in [3.05, 3.63) is 23.6 Å². The number of carbonyl (C=O) groups is 2. The average molecular weight is 266 g/mol. The number of aromatic nitrogens is 5. The third kappa shape index (κ3) is 3.34. The zero-order chi connectivity index (χ0) is 13.8. The quantitative estimate of drug-likeness (QED) is 0.702. The summed E-state index contributed by atoms with van der Waals surface area (Å²) in [7, 11) is 0. The van der Waals surface area contributed by atoms with Gasteiger partial charge in [-0.2, -0.15) is 4.98 Å². The maximum absolute atomic E-state index is 11.5. The van der Waals surface area contributed by atoms with E-state index in [0.717, 1.165) is 4.68 Å². The van der Waals surface area contributed by atoms with Gasteiger partial charge >= 0.3 is 5.97 Å². The van der Waals surface area contributed by atoms with Crippen LogP contribution in [-0.4, -0.2) is 42.1 Å². The van der Waals surface area contributed by atoms with Crippen LogP contribution in [-0.2, 0) is 17.9 Å². The van der Waals surface area contributed by atoms with Crippen LogP contribution in [0.15, 0.2) is 10.7 Å². The average Bonchev–Trinajstić information content (AvgIpc) is 2.96. The first-order valence-electron chi connectivity index (χ1n) is 5.24. The molecule has 0 spiro atoms. The van der Waals surface area contributed by atoms with Gasteiger partial charge in [0.05, 0.1) is 12.7 Å². The fraction of sp³-hybridized carbons (Fsp3) is 0.333. The van der Waals surface area contributed by atoms with E-state index in [-0.39, 0.29) is 30.6 Å². The minimum atomic E-state index is -1.20. The molecule has 2 aromatic heterocycles. The Bertz CT molecular complexity index is 603. The van der Waals surface area contributed by atoms with Gasteiger partial charge in [-0.1, -0.05) is 10.4 Å². The molecule has 0 aliphatic heterocycles. The van der Waals surface area contributed by atoms with Crippen molar-refractivity contribution in [2.24, 2.45) is 0 Å². The molecule has 100 valence electrons. The summed E-state index contributed by atoms with van der Waals surface area (Å²) >= 11 is 0. The number of carboxylic acids is 1. The van der Waals surface area contributed by atoms with Crippen LogP contribution in [0.25, 0.3) is 0 Å². The Balaban J connectivity index is 1.85. The molecule has 0 atom stereocenters. The lowest BCUT2D eigenvalue weighted by molar-refractivity contribution is -0.122. The van der Waals surface area contributed by atoms with E-state index in [4.69, 9.17) is 9.63 Å². The number of rotatable bonds is 5. The molecule has 0 saturated heterocycles. The molecule has 10 heteroatoms. The van der Waals surface area contributed by atoms with Crippen molar-refractivity contribution in [1.29, 1.82) is 0 Å². The van der Waals surface area contributed by atoms with Gasteiger partial charge in [-0.05, 0) is 6.92 Å². The lowest BCUT2D eigenvalue weighted by Gasteiger charge is -2.01. The molecule has 2 N–H and O–H groups in total. The second-order valence-electron chi connectivity index (χ2n) is 3.62. The number of carboxylic acid groups (broad SMARTS) is 1. The Morgan fingerprint density at radius 2 is 2.32 bits per heavy atom. The van der Waals surface area contributed by atoms with Gasteiger partial charge in [0.15, 0.2) is 11.5 Å². The summed E-state index contributed by atoms with van der Waals surface area (Å²) in [5.41, 5.74) is -0.222. The van der Waals surface area contributed by atoms with E-state index < -0.39 is 5.97 Å². The number of nitrogens with one attached hydrogen (secondary N) is 1. The zero-order valence-electron chi connectivity index (χ0n) is 9.90. The molecule has 0 fully saturated rings. The number of aromatic carboxylic acids is 1. The summed E-state index contributed by atoms with van der Waals surface area (Å²) in [5, 5.41) is 21.6. The van der Waals surface area contributed by atoms with Gasteiger partial charge in [-0.25, -0.2) is 9.48 Å². The first kappa shape index (κ1) is 12.7. The Kier molecular flexibility index (Phi) is 3.50. The Morgan fingerprint density at radius 1 is 1.53 bits per heavy atom. The Morgan fingerprint density at radius 3 is 2.89 bits per heavy atom. The molecule has 19 heavy (non-hydrogen) atoms. The van der Waals surface area contributed by atoms with Crippen molar-refractivity contribution < 1.29 is 19.2 Å². The van der Waals surface area contributed by atoms with E-state index in [1.807, 2.05) is 0 Å². The van der Waals surface area contributed by atoms with E-state index >= 15 is 0 Å². The maximum atomic E-state index is 11.5. The number of nitrogens with zero attached hydrogens (tertiary/aromatic N) is 5. The van der Waals surface area contributed by atoms with Crippen LogP contribution in [0, 0.1) is 6.92 Å². The Hall–Kier alpha value is -2.78. The Labute approximate surface area is 106 Å². The van der Waals surface area contributed by atoms with Gasteiger partial charge in [0.25, 0.3) is 0 Å². The van der Waals surface area contributed by atoms with Gasteiger partial charge in [-0.15, -0.1) is 5.10 Å². The summed E-state index contributed by atoms with van der Waals surface area (Å²) < 4.78 is 5.94. The lowest BCUT2D eigenvalue weighted by atomic mass is 10.5. The van der Waals surface area contributed by atoms with Gasteiger partial charge in [0, 0.05) is 0 Å². The van der Waals surface area contributed by atoms with Gasteiger partial charge < -0.3 is 14.9 Å². The molecule has 0 radical (unpaired) electrons. The molecule has 2 rings (SSSR count). The van der Waals surface area contributed by atoms with Crippen molar-refractivity contribution in [2.45, 2.75) is 20.0 Å². The van der Waals surface area contributed by atoms with Crippen molar-refractivity contribution in [1.82, 2.24) is 30.5 Å². The molecule has 10 nitrogen and oxygen atoms in total. The van der Waals surface area contributed by atoms with E-state index in [1.54, 1.807) is 6.92 Å². The third-order valence-electron chi connectivity index (χ3n) is 2.07. The molecule has 1 amide bonds. The predicted octanol–water partition coefficient (Wildman–Crippen LogP) is -1.02. The minimum Gasteiger partial charge on any atom is -0.476 e. The SMILES string of the molecule is Cc1noc(CNC(=O)Cn2cc(C(=O)O)nn2)n1. The molecule has 0 saturated carbocycles. The molecule has 0 aliphatic rings. The number of hydrogen-bond donors (Lipinski definition) is 2. The molecule has 2 aromatic rings. The maximum Gasteiger partial charge on any atom is 0.358 e. The normalized spacial score (nSPS) is 10.4. The van der Waals surface area contributed by atoms with Crippen LogP contribution in [0.5, 0.6) is 0 Å². The van der Waals surface area contributed by atoms with Crippen molar-refractivity contribution in [3.8, 4) is 0 Å². The van der Waals surface area contributed by atoms with Crippen molar-refractivity contribution in [2.75, 3.05) is 0 Å². The van der Waals surface area contributed by atoms with Crippen LogP contribution in [0.2, 0.25) is 0 Å². The highest BCUT2D eigenvalue weighted by atomic mass is 16.5. The van der Waals surface area contributed by atoms with Crippen molar-refractivity contribution >= 4 is 11.9 Å². The first-order valence-corrected chi connectivity index (χ1v) is 5.24. The van der Waals surface area contributed by atoms with E-state index in [0.29, 0.717) is 5.82 Å². The van der Waals surface area contributed by atoms with Crippen molar-refractivity contribution in [3.63, 3.8) is 0 Å². The summed E-state index contributed by atoms with van der Waals surface area (Å²) in [4.78, 5) is 26.0. The van der Waals surface area contributed by atoms with E-state index in [1.165, 1.54) is 6.20 Å². The van der Waals surface area contributed by atoms with E-state index in [9.17, 15) is 9.59 Å². The summed E-state index contributed by atoms with van der Waals surface area (Å²) in [6.07, 6.45) is 1.17. The number of amides is 1. The smallest absolute Gasteiger partial charge is 0.358 e. The first-order chi connectivity index (χ1) is 9.04. The van der Waals surface area contributed by atoms with Crippen LogP contribution >= 0.6 is 0 Å². The predicted molar refractivity (Wildman–Crippen MR) is 57.9 cm³/mol. The highest BCUT2D eigenvalue weighted by molar-refractivity contribution is 5.84. The van der Waals surface area contributed by atoms with Crippen LogP contribution < -0.4 is 5.32 Å². The number of carbonyl (C=O) groups excluding carboxylic acids is 1. The molecule has 0 unspecified atom stereocenters. The highest BCUT2D eigenvalue weighted by Crippen LogP contribution is 1.95. The zero-order valence-corrected chi connectivity index (χ0v) is 9.90. The fourth-order valence-electron chi connectivity index (χ4n) is 1.26. The lowest BCUT2D eigenvalue weighted by Crippen LogP contribution is -2.27. The summed E-state index contributed by atoms with van der Waals surface area (Å²) in [6, 6.07) is 0. The molecule has 0 aliphatic carbocycles. The number of hydrogen-bond acceptors (Lipinski definition) is 7. The van der Waals surface area contributed by atoms with Gasteiger partial charge in [-0.3, -0.25) is 4.79 Å². The minimum absolute atomic E-state index is 0.0974. The summed E-state index contributed by atoms with van der Waals surface area (Å²) in [6.45, 7) is 1.62. The molecular weight excluding hydrogens is 256 g/mol. The standard InChI is InChI=1S/C9H10N6O4/c1-5-11-8(19-13-5)2-10-7(16)4-15-3-6(9(17)18)12-14-15/h3H,2,4H2,1H3,(H,10,16)(H,17,18). The molecule has 0 bridgehead atoms. The molecule has 0 aromatic carbocycles. The third-order valence-corrected chi connectivity index (χ3v) is 2.07. The van der Waals surface area contributed by atoms with E-state index in [2.05, 4.69) is 25.8 Å². The monoisotopic (exact) mass is 266 g/mol. The van der Waals surface area contributed by atoms with Crippen LogP contribution in [0.4, 0.5) is 0 Å². The second-order valence-corrected chi connectivity index (χ2v) is 3.62. The molecule has 2 heterocycles. The van der Waals surface area contributed by atoms with Crippen LogP contribution in [0.3, 0.4) is 0 Å². The largest absolute Gasteiger partial charge is 0.476 e. The van der Waals surface area contributed by atoms with Gasteiger partial charge in [0.1, 0.15) is 6.54 Å². The van der Waals surface area contributed by atoms with Crippen LogP contribution in [0.1, 0.15) is 22.2 Å². The number of aryl methyl sites for hydroxylation is 1. The molecular formula is C9H10N6O4. The highest BCUT2D eigenvalue weighted by Gasteiger charge is 2.11. The topological polar surface area (TPSA) is 136 Å². The fourth-order valence-corrected chi connectivity index (χ4v) is 1.26. The summed E-state index contributed by atoms with van der Waals surface area (Å²) in [5.74, 6) is -0.812. The second kappa shape index (κ2) is 5.25. The van der Waals surface area contributed by atoms with Gasteiger partial charge in [0.2, 0.25) is 11.8 Å².